The lowest BCUT2D eigenvalue weighted by atomic mass is 10.1. The molecule has 0 bridgehead atoms. The number of benzene rings is 1. The van der Waals surface area contributed by atoms with Crippen molar-refractivity contribution in [2.45, 2.75) is 45.1 Å². The van der Waals surface area contributed by atoms with Crippen molar-refractivity contribution in [3.63, 3.8) is 0 Å². The molecule has 0 aliphatic heterocycles. The Kier molecular flexibility index (Phi) is 5.51. The molecule has 1 aromatic carbocycles. The first kappa shape index (κ1) is 19.2. The lowest BCUT2D eigenvalue weighted by Crippen LogP contribution is -3.05. The van der Waals surface area contributed by atoms with Gasteiger partial charge in [-0.05, 0) is 43.4 Å². The molecule has 2 aromatic heterocycles. The Hall–Kier alpha value is -2.18. The summed E-state index contributed by atoms with van der Waals surface area (Å²) in [5.74, 6) is 0. The summed E-state index contributed by atoms with van der Waals surface area (Å²) in [6.45, 7) is 1.64. The Bertz CT molecular complexity index is 1090. The van der Waals surface area contributed by atoms with Crippen molar-refractivity contribution in [3.05, 3.63) is 61.6 Å². The molecule has 5 nitrogen and oxygen atoms in total. The summed E-state index contributed by atoms with van der Waals surface area (Å²) in [5.41, 5.74) is 1.48. The summed E-state index contributed by atoms with van der Waals surface area (Å²) in [4.78, 5) is 30.4. The number of para-hydroxylation sites is 1. The molecular formula is C22H28N3O2S+. The van der Waals surface area contributed by atoms with Crippen LogP contribution in [0.25, 0.3) is 15.9 Å². The van der Waals surface area contributed by atoms with E-state index in [1.165, 1.54) is 32.7 Å². The first-order valence-corrected chi connectivity index (χ1v) is 11.0. The van der Waals surface area contributed by atoms with Crippen LogP contribution in [0, 0.1) is 0 Å². The molecule has 3 aromatic rings. The maximum absolute atomic E-state index is 13.5. The Morgan fingerprint density at radius 1 is 1.04 bits per heavy atom. The normalized spacial score (nSPS) is 14.4. The molecule has 6 heteroatoms. The van der Waals surface area contributed by atoms with Crippen LogP contribution in [0.3, 0.4) is 0 Å². The molecule has 148 valence electrons. The standard InChI is InChI=1S/C22H27N3O2S/c1-23(2)14-9-15-24-21-19(17-12-7-4-8-13-18(17)28-21)20(26)25(22(24)27)16-10-5-3-6-11-16/h3,5-6,10-11H,4,7-9,12-15H2,1-2H3/p+1. The number of aryl methyl sites for hydroxylation is 3. The van der Waals surface area contributed by atoms with Crippen molar-refractivity contribution in [3.8, 4) is 5.69 Å². The van der Waals surface area contributed by atoms with Gasteiger partial charge in [0.15, 0.2) is 0 Å². The van der Waals surface area contributed by atoms with Crippen LogP contribution in [-0.2, 0) is 19.4 Å². The van der Waals surface area contributed by atoms with Gasteiger partial charge in [0.05, 0.1) is 31.7 Å². The van der Waals surface area contributed by atoms with E-state index in [1.807, 2.05) is 34.9 Å². The number of hydrogen-bond donors (Lipinski definition) is 1. The van der Waals surface area contributed by atoms with E-state index in [1.54, 1.807) is 11.3 Å². The zero-order valence-corrected chi connectivity index (χ0v) is 17.5. The fourth-order valence-corrected chi connectivity index (χ4v) is 5.54. The first-order valence-electron chi connectivity index (χ1n) is 10.2. The second kappa shape index (κ2) is 8.05. The molecule has 28 heavy (non-hydrogen) atoms. The number of nitrogens with one attached hydrogen (secondary N) is 1. The third-order valence-electron chi connectivity index (χ3n) is 5.56. The van der Waals surface area contributed by atoms with Gasteiger partial charge in [-0.1, -0.05) is 24.6 Å². The summed E-state index contributed by atoms with van der Waals surface area (Å²) in [5, 5.41) is 0.780. The third kappa shape index (κ3) is 3.47. The number of fused-ring (bicyclic) bond motifs is 3. The molecule has 4 rings (SSSR count). The Morgan fingerprint density at radius 3 is 2.54 bits per heavy atom. The van der Waals surface area contributed by atoms with Gasteiger partial charge in [-0.15, -0.1) is 11.3 Å². The minimum Gasteiger partial charge on any atom is -0.340 e. The zero-order valence-electron chi connectivity index (χ0n) is 16.7. The van der Waals surface area contributed by atoms with E-state index < -0.39 is 0 Å². The fourth-order valence-electron chi connectivity index (χ4n) is 4.14. The van der Waals surface area contributed by atoms with Crippen LogP contribution in [-0.4, -0.2) is 29.8 Å². The van der Waals surface area contributed by atoms with E-state index in [4.69, 9.17) is 0 Å². The highest BCUT2D eigenvalue weighted by Crippen LogP contribution is 2.33. The van der Waals surface area contributed by atoms with Gasteiger partial charge in [0.25, 0.3) is 5.56 Å². The second-order valence-corrected chi connectivity index (χ2v) is 9.05. The minimum absolute atomic E-state index is 0.153. The SMILES string of the molecule is C[NH+](C)CCCn1c(=O)n(-c2ccccc2)c(=O)c2c3c(sc21)CCCCC3. The van der Waals surface area contributed by atoms with Crippen LogP contribution in [0.5, 0.6) is 0 Å². The van der Waals surface area contributed by atoms with Gasteiger partial charge in [-0.25, -0.2) is 9.36 Å². The second-order valence-electron chi connectivity index (χ2n) is 7.97. The lowest BCUT2D eigenvalue weighted by molar-refractivity contribution is -0.858. The highest BCUT2D eigenvalue weighted by atomic mass is 32.1. The largest absolute Gasteiger partial charge is 0.340 e. The van der Waals surface area contributed by atoms with Crippen molar-refractivity contribution in [2.75, 3.05) is 20.6 Å². The van der Waals surface area contributed by atoms with E-state index in [2.05, 4.69) is 14.1 Å². The summed E-state index contributed by atoms with van der Waals surface area (Å²) in [7, 11) is 4.24. The molecule has 0 fully saturated rings. The van der Waals surface area contributed by atoms with Crippen molar-refractivity contribution in [2.24, 2.45) is 0 Å². The highest BCUT2D eigenvalue weighted by molar-refractivity contribution is 7.18. The maximum Gasteiger partial charge on any atom is 0.336 e. The number of nitrogens with zero attached hydrogens (tertiary/aromatic N) is 2. The van der Waals surface area contributed by atoms with Crippen molar-refractivity contribution >= 4 is 21.6 Å². The van der Waals surface area contributed by atoms with Gasteiger partial charge in [0.2, 0.25) is 0 Å². The van der Waals surface area contributed by atoms with Crippen molar-refractivity contribution in [1.29, 1.82) is 0 Å². The average molecular weight is 399 g/mol. The van der Waals surface area contributed by atoms with Crippen LogP contribution < -0.4 is 16.1 Å². The van der Waals surface area contributed by atoms with Crippen molar-refractivity contribution < 1.29 is 4.90 Å². The van der Waals surface area contributed by atoms with Gasteiger partial charge < -0.3 is 4.90 Å². The number of rotatable bonds is 5. The van der Waals surface area contributed by atoms with Crippen LogP contribution in [0.2, 0.25) is 0 Å². The van der Waals surface area contributed by atoms with Crippen molar-refractivity contribution in [1.82, 2.24) is 9.13 Å². The fraction of sp³-hybridized carbons (Fsp3) is 0.455. The van der Waals surface area contributed by atoms with E-state index in [0.717, 1.165) is 42.4 Å². The molecule has 1 N–H and O–H groups in total. The topological polar surface area (TPSA) is 48.4 Å². The van der Waals surface area contributed by atoms with Gasteiger partial charge in [-0.3, -0.25) is 9.36 Å². The van der Waals surface area contributed by atoms with Gasteiger partial charge in [0.1, 0.15) is 4.83 Å². The molecule has 0 saturated carbocycles. The molecular weight excluding hydrogens is 370 g/mol. The Labute approximate surface area is 168 Å². The molecule has 0 saturated heterocycles. The van der Waals surface area contributed by atoms with Crippen LogP contribution >= 0.6 is 11.3 Å². The predicted molar refractivity (Wildman–Crippen MR) is 115 cm³/mol. The molecule has 0 radical (unpaired) electrons. The maximum atomic E-state index is 13.5. The predicted octanol–water partition coefficient (Wildman–Crippen LogP) is 2.02. The number of hydrogen-bond acceptors (Lipinski definition) is 3. The van der Waals surface area contributed by atoms with Crippen LogP contribution in [0.4, 0.5) is 0 Å². The van der Waals surface area contributed by atoms with Crippen LogP contribution in [0.1, 0.15) is 36.1 Å². The first-order chi connectivity index (χ1) is 13.6. The smallest absolute Gasteiger partial charge is 0.336 e. The molecule has 0 unspecified atom stereocenters. The van der Waals surface area contributed by atoms with E-state index in [0.29, 0.717) is 12.2 Å². The summed E-state index contributed by atoms with van der Waals surface area (Å²) in [6, 6.07) is 9.34. The molecule has 1 aliphatic carbocycles. The molecule has 1 aliphatic rings. The third-order valence-corrected chi connectivity index (χ3v) is 6.87. The molecule has 2 heterocycles. The van der Waals surface area contributed by atoms with Crippen LogP contribution in [0.15, 0.2) is 39.9 Å². The molecule has 0 atom stereocenters. The highest BCUT2D eigenvalue weighted by Gasteiger charge is 2.23. The zero-order chi connectivity index (χ0) is 19.7. The van der Waals surface area contributed by atoms with E-state index >= 15 is 0 Å². The number of thiophene rings is 1. The molecule has 0 amide bonds. The Balaban J connectivity index is 1.97. The number of quaternary nitrogens is 1. The lowest BCUT2D eigenvalue weighted by Gasteiger charge is -2.13. The quantitative estimate of drug-likeness (QED) is 0.669. The van der Waals surface area contributed by atoms with Gasteiger partial charge >= 0.3 is 5.69 Å². The monoisotopic (exact) mass is 398 g/mol. The Morgan fingerprint density at radius 2 is 1.79 bits per heavy atom. The van der Waals surface area contributed by atoms with Gasteiger partial charge in [-0.2, -0.15) is 0 Å². The van der Waals surface area contributed by atoms with Gasteiger partial charge in [0, 0.05) is 17.8 Å². The summed E-state index contributed by atoms with van der Waals surface area (Å²) < 4.78 is 3.23. The number of aromatic nitrogens is 2. The van der Waals surface area contributed by atoms with E-state index in [-0.39, 0.29) is 11.2 Å². The average Bonchev–Trinajstić information content (AvgIpc) is 2.88. The molecule has 0 spiro atoms. The minimum atomic E-state index is -0.214. The summed E-state index contributed by atoms with van der Waals surface area (Å²) in [6.07, 6.45) is 6.37. The summed E-state index contributed by atoms with van der Waals surface area (Å²) >= 11 is 1.67. The van der Waals surface area contributed by atoms with E-state index in [9.17, 15) is 9.59 Å².